The van der Waals surface area contributed by atoms with Crippen LogP contribution in [0.4, 0.5) is 5.69 Å². The van der Waals surface area contributed by atoms with Gasteiger partial charge in [-0.15, -0.1) is 0 Å². The number of hydrogen-bond donors (Lipinski definition) is 1. The summed E-state index contributed by atoms with van der Waals surface area (Å²) in [6.45, 7) is 2.11. The average molecular weight is 453 g/mol. The third-order valence-electron chi connectivity index (χ3n) is 4.30. The fourth-order valence-electron chi connectivity index (χ4n) is 2.69. The van der Waals surface area contributed by atoms with E-state index in [2.05, 4.69) is 9.71 Å². The van der Waals surface area contributed by atoms with Crippen molar-refractivity contribution in [3.8, 4) is 5.75 Å². The van der Waals surface area contributed by atoms with E-state index < -0.39 is 0 Å². The highest BCUT2D eigenvalue weighted by Gasteiger charge is 2.07. The van der Waals surface area contributed by atoms with Crippen LogP contribution in [-0.4, -0.2) is 28.2 Å². The van der Waals surface area contributed by atoms with E-state index in [9.17, 15) is 9.59 Å². The summed E-state index contributed by atoms with van der Waals surface area (Å²) in [6, 6.07) is 21.1. The third kappa shape index (κ3) is 8.11. The lowest BCUT2D eigenvalue weighted by atomic mass is 10.1. The van der Waals surface area contributed by atoms with Crippen LogP contribution in [0.2, 0.25) is 0 Å². The number of aryl methyl sites for hydroxylation is 1. The number of ether oxygens (including phenoxy) is 1. The molecule has 1 N–H and O–H groups in total. The van der Waals surface area contributed by atoms with Gasteiger partial charge < -0.3 is 9.46 Å². The zero-order valence-corrected chi connectivity index (χ0v) is 18.9. The number of Topliss-reactive ketones (excluding diaryl/α,β-unsaturated/α-hetero) is 1. The van der Waals surface area contributed by atoms with Gasteiger partial charge >= 0.3 is 0 Å². The molecular formula is C24H24N2O3S2. The van der Waals surface area contributed by atoms with Crippen molar-refractivity contribution in [2.75, 3.05) is 17.1 Å². The van der Waals surface area contributed by atoms with Crippen molar-refractivity contribution in [2.45, 2.75) is 24.7 Å². The van der Waals surface area contributed by atoms with E-state index in [1.54, 1.807) is 12.1 Å². The molecule has 1 aromatic heterocycles. The number of anilines is 1. The van der Waals surface area contributed by atoms with Crippen LogP contribution in [0.15, 0.2) is 77.8 Å². The summed E-state index contributed by atoms with van der Waals surface area (Å²) < 4.78 is 9.07. The molecule has 0 aliphatic carbocycles. The number of benzene rings is 2. The van der Waals surface area contributed by atoms with E-state index in [0.29, 0.717) is 12.2 Å². The van der Waals surface area contributed by atoms with Crippen molar-refractivity contribution < 1.29 is 14.3 Å². The average Bonchev–Trinajstić information content (AvgIpc) is 2.80. The number of rotatable bonds is 11. The van der Waals surface area contributed by atoms with Gasteiger partial charge in [0.1, 0.15) is 5.75 Å². The maximum atomic E-state index is 12.0. The van der Waals surface area contributed by atoms with E-state index in [4.69, 9.17) is 4.74 Å². The number of carbonyl (C=O) groups excluding carboxylic acids is 2. The lowest BCUT2D eigenvalue weighted by Gasteiger charge is -2.09. The molecule has 0 saturated carbocycles. The van der Waals surface area contributed by atoms with Crippen LogP contribution in [0.25, 0.3) is 0 Å². The summed E-state index contributed by atoms with van der Waals surface area (Å²) in [6.07, 6.45) is 3.63. The lowest BCUT2D eigenvalue weighted by molar-refractivity contribution is -0.109. The van der Waals surface area contributed by atoms with Gasteiger partial charge in [-0.05, 0) is 85.5 Å². The minimum absolute atomic E-state index is 0.0463. The van der Waals surface area contributed by atoms with E-state index in [0.717, 1.165) is 46.6 Å². The Morgan fingerprint density at radius 3 is 2.45 bits per heavy atom. The molecule has 2 aromatic carbocycles. The van der Waals surface area contributed by atoms with Crippen LogP contribution in [0.5, 0.6) is 5.75 Å². The standard InChI is InChI=1S/C24H24N2O3S2/c1-18(27)30-17-24(28)19-7-9-21(10-8-19)26-31-23-13-11-22(12-14-23)29-16-4-6-20-5-2-3-15-25-20/h2-3,5,7-15,26H,4,6,16-17H2,1H3. The van der Waals surface area contributed by atoms with E-state index >= 15 is 0 Å². The summed E-state index contributed by atoms with van der Waals surface area (Å²) in [5.41, 5.74) is 2.58. The summed E-state index contributed by atoms with van der Waals surface area (Å²) in [7, 11) is 0. The molecule has 0 bridgehead atoms. The molecule has 31 heavy (non-hydrogen) atoms. The number of nitrogens with zero attached hydrogens (tertiary/aromatic N) is 1. The summed E-state index contributed by atoms with van der Waals surface area (Å²) >= 11 is 2.52. The van der Waals surface area contributed by atoms with Gasteiger partial charge in [0.05, 0.1) is 12.4 Å². The summed E-state index contributed by atoms with van der Waals surface area (Å²) in [5.74, 6) is 0.973. The van der Waals surface area contributed by atoms with Crippen molar-refractivity contribution >= 4 is 40.3 Å². The largest absolute Gasteiger partial charge is 0.494 e. The molecule has 0 fully saturated rings. The zero-order valence-electron chi connectivity index (χ0n) is 17.2. The Kier molecular flexibility index (Phi) is 8.99. The maximum absolute atomic E-state index is 12.0. The predicted molar refractivity (Wildman–Crippen MR) is 128 cm³/mol. The monoisotopic (exact) mass is 452 g/mol. The molecule has 0 saturated heterocycles. The molecular weight excluding hydrogens is 428 g/mol. The molecule has 0 amide bonds. The molecule has 160 valence electrons. The van der Waals surface area contributed by atoms with Gasteiger partial charge in [-0.1, -0.05) is 17.8 Å². The number of ketones is 1. The molecule has 3 aromatic rings. The minimum Gasteiger partial charge on any atom is -0.494 e. The molecule has 0 atom stereocenters. The van der Waals surface area contributed by atoms with Gasteiger partial charge in [-0.2, -0.15) is 0 Å². The van der Waals surface area contributed by atoms with Gasteiger partial charge in [0.2, 0.25) is 0 Å². The van der Waals surface area contributed by atoms with Gasteiger partial charge in [0, 0.05) is 35.0 Å². The lowest BCUT2D eigenvalue weighted by Crippen LogP contribution is -2.03. The highest BCUT2D eigenvalue weighted by molar-refractivity contribution is 8.14. The van der Waals surface area contributed by atoms with Crippen molar-refractivity contribution in [3.05, 3.63) is 84.2 Å². The molecule has 7 heteroatoms. The zero-order chi connectivity index (χ0) is 21.9. The second-order valence-corrected chi connectivity index (χ2v) is 8.76. The van der Waals surface area contributed by atoms with Crippen molar-refractivity contribution in [2.24, 2.45) is 0 Å². The minimum atomic E-state index is -0.0519. The number of hydrogen-bond acceptors (Lipinski definition) is 7. The number of pyridine rings is 1. The third-order valence-corrected chi connectivity index (χ3v) is 5.95. The Morgan fingerprint density at radius 2 is 1.77 bits per heavy atom. The first-order chi connectivity index (χ1) is 15.1. The van der Waals surface area contributed by atoms with E-state index in [-0.39, 0.29) is 16.7 Å². The first-order valence-electron chi connectivity index (χ1n) is 9.92. The topological polar surface area (TPSA) is 68.3 Å². The highest BCUT2D eigenvalue weighted by Crippen LogP contribution is 2.24. The first kappa shape index (κ1) is 22.9. The quantitative estimate of drug-likeness (QED) is 0.228. The predicted octanol–water partition coefficient (Wildman–Crippen LogP) is 5.67. The number of carbonyl (C=O) groups is 2. The number of nitrogens with one attached hydrogen (secondary N) is 1. The fourth-order valence-corrected chi connectivity index (χ4v) is 3.83. The molecule has 0 radical (unpaired) electrons. The van der Waals surface area contributed by atoms with Crippen LogP contribution in [0.1, 0.15) is 29.4 Å². The van der Waals surface area contributed by atoms with E-state index in [1.165, 1.54) is 18.9 Å². The first-order valence-corrected chi connectivity index (χ1v) is 11.7. The van der Waals surface area contributed by atoms with Crippen LogP contribution in [0.3, 0.4) is 0 Å². The number of thioether (sulfide) groups is 1. The summed E-state index contributed by atoms with van der Waals surface area (Å²) in [5, 5.41) is -0.0519. The van der Waals surface area contributed by atoms with Gasteiger partial charge in [-0.25, -0.2) is 0 Å². The molecule has 0 spiro atoms. The molecule has 3 rings (SSSR count). The number of aromatic nitrogens is 1. The van der Waals surface area contributed by atoms with Crippen LogP contribution in [-0.2, 0) is 11.2 Å². The van der Waals surface area contributed by atoms with Crippen LogP contribution < -0.4 is 9.46 Å². The second-order valence-electron chi connectivity index (χ2n) is 6.73. The second kappa shape index (κ2) is 12.2. The summed E-state index contributed by atoms with van der Waals surface area (Å²) in [4.78, 5) is 28.4. The molecule has 5 nitrogen and oxygen atoms in total. The Morgan fingerprint density at radius 1 is 1.00 bits per heavy atom. The fraction of sp³-hybridized carbons (Fsp3) is 0.208. The Bertz CT molecular complexity index is 978. The van der Waals surface area contributed by atoms with Crippen LogP contribution >= 0.6 is 23.7 Å². The van der Waals surface area contributed by atoms with E-state index in [1.807, 2.05) is 60.8 Å². The SMILES string of the molecule is CC(=O)SCC(=O)c1ccc(NSc2ccc(OCCCc3ccccn3)cc2)cc1. The maximum Gasteiger partial charge on any atom is 0.186 e. The van der Waals surface area contributed by atoms with Gasteiger partial charge in [0.25, 0.3) is 0 Å². The molecule has 1 heterocycles. The normalized spacial score (nSPS) is 10.5. The van der Waals surface area contributed by atoms with Crippen molar-refractivity contribution in [3.63, 3.8) is 0 Å². The Hall–Kier alpha value is -2.77. The van der Waals surface area contributed by atoms with Gasteiger partial charge in [-0.3, -0.25) is 14.6 Å². The van der Waals surface area contributed by atoms with Crippen molar-refractivity contribution in [1.82, 2.24) is 4.98 Å². The smallest absolute Gasteiger partial charge is 0.186 e. The molecule has 0 unspecified atom stereocenters. The van der Waals surface area contributed by atoms with Gasteiger partial charge in [0.15, 0.2) is 10.9 Å². The van der Waals surface area contributed by atoms with Crippen molar-refractivity contribution in [1.29, 1.82) is 0 Å². The molecule has 0 aliphatic heterocycles. The highest BCUT2D eigenvalue weighted by atomic mass is 32.2. The molecule has 0 aliphatic rings. The Labute approximate surface area is 191 Å². The van der Waals surface area contributed by atoms with Crippen LogP contribution in [0, 0.1) is 0 Å². The Balaban J connectivity index is 1.39.